The van der Waals surface area contributed by atoms with E-state index in [0.717, 1.165) is 0 Å². The quantitative estimate of drug-likeness (QED) is 0.566. The van der Waals surface area contributed by atoms with Gasteiger partial charge in [0.1, 0.15) is 11.6 Å². The van der Waals surface area contributed by atoms with Crippen molar-refractivity contribution in [1.82, 2.24) is 0 Å². The van der Waals surface area contributed by atoms with Crippen molar-refractivity contribution in [3.63, 3.8) is 0 Å². The molecule has 15 heavy (non-hydrogen) atoms. The van der Waals surface area contributed by atoms with E-state index in [-0.39, 0.29) is 16.8 Å². The predicted octanol–water partition coefficient (Wildman–Crippen LogP) is 2.54. The molecule has 0 amide bonds. The van der Waals surface area contributed by atoms with Crippen LogP contribution in [0.25, 0.3) is 0 Å². The van der Waals surface area contributed by atoms with Crippen LogP contribution >= 0.6 is 0 Å². The third kappa shape index (κ3) is 2.10. The first-order valence-corrected chi connectivity index (χ1v) is 4.35. The Bertz CT molecular complexity index is 426. The van der Waals surface area contributed by atoms with Crippen LogP contribution in [0.5, 0.6) is 0 Å². The molecule has 78 valence electrons. The number of para-hydroxylation sites is 1. The fourth-order valence-electron chi connectivity index (χ4n) is 1.34. The first kappa shape index (κ1) is 11.1. The van der Waals surface area contributed by atoms with Crippen LogP contribution in [0, 0.1) is 21.4 Å². The topological polar surface area (TPSA) is 66.9 Å². The van der Waals surface area contributed by atoms with Crippen LogP contribution in [0.3, 0.4) is 0 Å². The van der Waals surface area contributed by atoms with Gasteiger partial charge in [0.2, 0.25) is 0 Å². The van der Waals surface area contributed by atoms with Crippen LogP contribution in [-0.2, 0) is 0 Å². The molecular formula is C10H9FN2O2. The van der Waals surface area contributed by atoms with Crippen molar-refractivity contribution < 1.29 is 9.31 Å². The van der Waals surface area contributed by atoms with Gasteiger partial charge in [-0.1, -0.05) is 19.1 Å². The Labute approximate surface area is 86.1 Å². The zero-order chi connectivity index (χ0) is 11.4. The van der Waals surface area contributed by atoms with Crippen LogP contribution in [0.2, 0.25) is 0 Å². The summed E-state index contributed by atoms with van der Waals surface area (Å²) in [6, 6.07) is 6.08. The van der Waals surface area contributed by atoms with E-state index in [9.17, 15) is 14.5 Å². The molecule has 0 N–H and O–H groups in total. The molecular weight excluding hydrogens is 199 g/mol. The Morgan fingerprint density at radius 2 is 2.33 bits per heavy atom. The number of alkyl halides is 1. The van der Waals surface area contributed by atoms with Gasteiger partial charge in [0.15, 0.2) is 0 Å². The highest BCUT2D eigenvalue weighted by atomic mass is 19.1. The molecule has 1 unspecified atom stereocenters. The Balaban J connectivity index is 3.40. The molecule has 1 atom stereocenters. The minimum Gasteiger partial charge on any atom is -0.258 e. The summed E-state index contributed by atoms with van der Waals surface area (Å²) in [5.74, 6) is -0.571. The zero-order valence-corrected chi connectivity index (χ0v) is 8.11. The molecule has 1 rings (SSSR count). The molecule has 4 nitrogen and oxygen atoms in total. The van der Waals surface area contributed by atoms with Gasteiger partial charge in [-0.3, -0.25) is 14.5 Å². The van der Waals surface area contributed by atoms with Crippen molar-refractivity contribution >= 4 is 5.69 Å². The van der Waals surface area contributed by atoms with Crippen molar-refractivity contribution in [1.29, 1.82) is 5.26 Å². The van der Waals surface area contributed by atoms with Crippen LogP contribution in [-0.4, -0.2) is 11.6 Å². The number of nitro groups is 1. The Kier molecular flexibility index (Phi) is 3.34. The first-order chi connectivity index (χ1) is 7.11. The van der Waals surface area contributed by atoms with Gasteiger partial charge in [0.05, 0.1) is 11.6 Å². The molecule has 0 aromatic heterocycles. The van der Waals surface area contributed by atoms with Gasteiger partial charge in [0, 0.05) is 11.5 Å². The third-order valence-electron chi connectivity index (χ3n) is 2.13. The molecule has 0 aliphatic carbocycles. The highest BCUT2D eigenvalue weighted by Crippen LogP contribution is 2.29. The molecule has 0 aliphatic heterocycles. The second-order valence-electron chi connectivity index (χ2n) is 3.17. The predicted molar refractivity (Wildman–Crippen MR) is 52.2 cm³/mol. The molecule has 0 bridgehead atoms. The summed E-state index contributed by atoms with van der Waals surface area (Å²) in [6.07, 6.45) is 0. The van der Waals surface area contributed by atoms with E-state index in [1.165, 1.54) is 18.2 Å². The third-order valence-corrected chi connectivity index (χ3v) is 2.13. The molecule has 0 spiro atoms. The SMILES string of the molecule is CC(CF)c1cccc(C#N)c1[N+](=O)[O-]. The average molecular weight is 208 g/mol. The lowest BCUT2D eigenvalue weighted by Gasteiger charge is -2.08. The number of halogens is 1. The number of nitrogens with zero attached hydrogens (tertiary/aromatic N) is 2. The van der Waals surface area contributed by atoms with E-state index in [1.807, 2.05) is 0 Å². The number of hydrogen-bond acceptors (Lipinski definition) is 3. The van der Waals surface area contributed by atoms with Gasteiger partial charge in [-0.2, -0.15) is 5.26 Å². The molecule has 1 aromatic carbocycles. The van der Waals surface area contributed by atoms with Gasteiger partial charge in [-0.15, -0.1) is 0 Å². The maximum atomic E-state index is 12.4. The molecule has 0 radical (unpaired) electrons. The smallest absolute Gasteiger partial charge is 0.258 e. The summed E-state index contributed by atoms with van der Waals surface area (Å²) < 4.78 is 12.4. The lowest BCUT2D eigenvalue weighted by molar-refractivity contribution is -0.386. The highest BCUT2D eigenvalue weighted by molar-refractivity contribution is 5.55. The summed E-state index contributed by atoms with van der Waals surface area (Å²) in [5, 5.41) is 19.5. The molecule has 5 heteroatoms. The molecule has 1 aromatic rings. The van der Waals surface area contributed by atoms with E-state index < -0.39 is 17.5 Å². The maximum absolute atomic E-state index is 12.4. The van der Waals surface area contributed by atoms with Crippen LogP contribution in [0.15, 0.2) is 18.2 Å². The Morgan fingerprint density at radius 3 is 2.80 bits per heavy atom. The molecule has 0 saturated carbocycles. The van der Waals surface area contributed by atoms with Gasteiger partial charge in [-0.25, -0.2) is 0 Å². The summed E-state index contributed by atoms with van der Waals surface area (Å²) in [6.45, 7) is 0.860. The fourth-order valence-corrected chi connectivity index (χ4v) is 1.34. The second kappa shape index (κ2) is 4.51. The van der Waals surface area contributed by atoms with Crippen LogP contribution in [0.4, 0.5) is 10.1 Å². The van der Waals surface area contributed by atoms with Crippen molar-refractivity contribution in [2.75, 3.05) is 6.67 Å². The monoisotopic (exact) mass is 208 g/mol. The molecule has 0 heterocycles. The lowest BCUT2D eigenvalue weighted by Crippen LogP contribution is -2.03. The van der Waals surface area contributed by atoms with Crippen LogP contribution in [0.1, 0.15) is 24.0 Å². The van der Waals surface area contributed by atoms with E-state index in [1.54, 1.807) is 13.0 Å². The second-order valence-corrected chi connectivity index (χ2v) is 3.17. The van der Waals surface area contributed by atoms with E-state index in [4.69, 9.17) is 5.26 Å². The first-order valence-electron chi connectivity index (χ1n) is 4.35. The standard InChI is InChI=1S/C10H9FN2O2/c1-7(5-11)9-4-2-3-8(6-12)10(9)13(14)15/h2-4,7H,5H2,1H3. The summed E-state index contributed by atoms with van der Waals surface area (Å²) >= 11 is 0. The maximum Gasteiger partial charge on any atom is 0.290 e. The number of rotatable bonds is 3. The highest BCUT2D eigenvalue weighted by Gasteiger charge is 2.22. The summed E-state index contributed by atoms with van der Waals surface area (Å²) in [7, 11) is 0. The van der Waals surface area contributed by atoms with Crippen molar-refractivity contribution in [3.8, 4) is 6.07 Å². The van der Waals surface area contributed by atoms with E-state index in [2.05, 4.69) is 0 Å². The molecule has 0 aliphatic rings. The Morgan fingerprint density at radius 1 is 1.67 bits per heavy atom. The van der Waals surface area contributed by atoms with Gasteiger partial charge in [-0.05, 0) is 6.07 Å². The van der Waals surface area contributed by atoms with Gasteiger partial charge >= 0.3 is 0 Å². The van der Waals surface area contributed by atoms with E-state index in [0.29, 0.717) is 0 Å². The largest absolute Gasteiger partial charge is 0.290 e. The Hall–Kier alpha value is -1.96. The van der Waals surface area contributed by atoms with Gasteiger partial charge < -0.3 is 0 Å². The van der Waals surface area contributed by atoms with Crippen molar-refractivity contribution in [2.24, 2.45) is 0 Å². The molecule has 0 fully saturated rings. The summed E-state index contributed by atoms with van der Waals surface area (Å²) in [5.41, 5.74) is -0.0514. The van der Waals surface area contributed by atoms with Crippen molar-refractivity contribution in [3.05, 3.63) is 39.4 Å². The minimum absolute atomic E-state index is 0.0298. The summed E-state index contributed by atoms with van der Waals surface area (Å²) in [4.78, 5) is 10.1. The van der Waals surface area contributed by atoms with Crippen molar-refractivity contribution in [2.45, 2.75) is 12.8 Å². The van der Waals surface area contributed by atoms with E-state index >= 15 is 0 Å². The number of hydrogen-bond donors (Lipinski definition) is 0. The molecule has 0 saturated heterocycles. The lowest BCUT2D eigenvalue weighted by atomic mass is 9.98. The number of nitro benzene ring substituents is 1. The zero-order valence-electron chi connectivity index (χ0n) is 8.11. The minimum atomic E-state index is -0.685. The fraction of sp³-hybridized carbons (Fsp3) is 0.300. The number of nitriles is 1. The average Bonchev–Trinajstić information content (AvgIpc) is 2.26. The van der Waals surface area contributed by atoms with Gasteiger partial charge in [0.25, 0.3) is 5.69 Å². The normalized spacial score (nSPS) is 11.8. The van der Waals surface area contributed by atoms with Crippen LogP contribution < -0.4 is 0 Å². The number of benzene rings is 1.